The van der Waals surface area contributed by atoms with Gasteiger partial charge in [-0.25, -0.2) is 4.39 Å². The van der Waals surface area contributed by atoms with E-state index in [1.807, 2.05) is 12.1 Å². The first-order chi connectivity index (χ1) is 9.10. The van der Waals surface area contributed by atoms with Crippen LogP contribution < -0.4 is 5.73 Å². The van der Waals surface area contributed by atoms with Crippen LogP contribution in [-0.2, 0) is 6.54 Å². The Morgan fingerprint density at radius 3 is 2.58 bits per heavy atom. The smallest absolute Gasteiger partial charge is 0.123 e. The molecule has 0 bridgehead atoms. The maximum absolute atomic E-state index is 12.9. The van der Waals surface area contributed by atoms with Crippen molar-refractivity contribution in [1.29, 1.82) is 0 Å². The number of hydrogen-bond acceptors (Lipinski definition) is 2. The van der Waals surface area contributed by atoms with E-state index < -0.39 is 0 Å². The zero-order valence-electron chi connectivity index (χ0n) is 12.0. The number of nitrogens with zero attached hydrogens (tertiary/aromatic N) is 1. The number of benzene rings is 1. The minimum absolute atomic E-state index is 0.174. The average molecular weight is 264 g/mol. The molecule has 0 radical (unpaired) electrons. The highest BCUT2D eigenvalue weighted by molar-refractivity contribution is 5.16. The standard InChI is InChI=1S/C16H25FN2/c1-3-12-6-9-15(18)16(10-12)19(2)11-13-4-7-14(17)8-5-13/h4-5,7-8,12,15-16H,3,6,9-11,18H2,1-2H3. The van der Waals surface area contributed by atoms with Crippen LogP contribution >= 0.6 is 0 Å². The van der Waals surface area contributed by atoms with Gasteiger partial charge in [0.25, 0.3) is 0 Å². The van der Waals surface area contributed by atoms with E-state index in [4.69, 9.17) is 5.73 Å². The normalized spacial score (nSPS) is 27.7. The molecule has 1 aromatic rings. The quantitative estimate of drug-likeness (QED) is 0.905. The third-order valence-corrected chi connectivity index (χ3v) is 4.47. The predicted molar refractivity (Wildman–Crippen MR) is 77.3 cm³/mol. The lowest BCUT2D eigenvalue weighted by molar-refractivity contribution is 0.129. The van der Waals surface area contributed by atoms with Gasteiger partial charge in [-0.1, -0.05) is 25.5 Å². The SMILES string of the molecule is CCC1CCC(N)C(N(C)Cc2ccc(F)cc2)C1. The number of rotatable bonds is 4. The third-order valence-electron chi connectivity index (χ3n) is 4.47. The van der Waals surface area contributed by atoms with Crippen LogP contribution in [0.5, 0.6) is 0 Å². The Labute approximate surface area is 115 Å². The fourth-order valence-electron chi connectivity index (χ4n) is 3.13. The van der Waals surface area contributed by atoms with Gasteiger partial charge < -0.3 is 5.73 Å². The summed E-state index contributed by atoms with van der Waals surface area (Å²) in [5, 5.41) is 0. The Balaban J connectivity index is 1.97. The summed E-state index contributed by atoms with van der Waals surface area (Å²) in [6.07, 6.45) is 4.82. The fraction of sp³-hybridized carbons (Fsp3) is 0.625. The summed E-state index contributed by atoms with van der Waals surface area (Å²) in [6, 6.07) is 7.49. The topological polar surface area (TPSA) is 29.3 Å². The molecule has 2 nitrogen and oxygen atoms in total. The third kappa shape index (κ3) is 3.77. The lowest BCUT2D eigenvalue weighted by atomic mass is 9.80. The lowest BCUT2D eigenvalue weighted by Gasteiger charge is -2.39. The molecule has 0 spiro atoms. The van der Waals surface area contributed by atoms with Gasteiger partial charge in [0.15, 0.2) is 0 Å². The molecule has 2 rings (SSSR count). The van der Waals surface area contributed by atoms with Crippen molar-refractivity contribution >= 4 is 0 Å². The van der Waals surface area contributed by atoms with Crippen LogP contribution in [0.2, 0.25) is 0 Å². The van der Waals surface area contributed by atoms with Gasteiger partial charge in [0.1, 0.15) is 5.82 Å². The average Bonchev–Trinajstić information content (AvgIpc) is 2.42. The monoisotopic (exact) mass is 264 g/mol. The van der Waals surface area contributed by atoms with E-state index in [0.717, 1.165) is 24.4 Å². The maximum atomic E-state index is 12.9. The molecule has 0 heterocycles. The Morgan fingerprint density at radius 1 is 1.26 bits per heavy atom. The number of hydrogen-bond donors (Lipinski definition) is 1. The van der Waals surface area contributed by atoms with Crippen molar-refractivity contribution in [2.75, 3.05) is 7.05 Å². The van der Waals surface area contributed by atoms with E-state index >= 15 is 0 Å². The van der Waals surface area contributed by atoms with E-state index in [9.17, 15) is 4.39 Å². The summed E-state index contributed by atoms with van der Waals surface area (Å²) in [7, 11) is 2.13. The first-order valence-corrected chi connectivity index (χ1v) is 7.30. The van der Waals surface area contributed by atoms with Gasteiger partial charge in [0.2, 0.25) is 0 Å². The van der Waals surface area contributed by atoms with Gasteiger partial charge in [-0.3, -0.25) is 4.90 Å². The molecular weight excluding hydrogens is 239 g/mol. The molecule has 3 unspecified atom stereocenters. The minimum Gasteiger partial charge on any atom is -0.326 e. The first kappa shape index (κ1) is 14.5. The van der Waals surface area contributed by atoms with Crippen LogP contribution in [0.25, 0.3) is 0 Å². The molecule has 106 valence electrons. The molecule has 0 amide bonds. The van der Waals surface area contributed by atoms with E-state index in [1.165, 1.54) is 31.4 Å². The maximum Gasteiger partial charge on any atom is 0.123 e. The second-order valence-electron chi connectivity index (χ2n) is 5.86. The predicted octanol–water partition coefficient (Wildman–Crippen LogP) is 3.16. The van der Waals surface area contributed by atoms with Crippen molar-refractivity contribution in [2.24, 2.45) is 11.7 Å². The van der Waals surface area contributed by atoms with Gasteiger partial charge in [0, 0.05) is 18.6 Å². The second kappa shape index (κ2) is 6.49. The van der Waals surface area contributed by atoms with Crippen molar-refractivity contribution in [2.45, 2.75) is 51.2 Å². The summed E-state index contributed by atoms with van der Waals surface area (Å²) in [5.74, 6) is 0.632. The highest BCUT2D eigenvalue weighted by atomic mass is 19.1. The van der Waals surface area contributed by atoms with Crippen molar-refractivity contribution < 1.29 is 4.39 Å². The minimum atomic E-state index is -0.174. The summed E-state index contributed by atoms with van der Waals surface area (Å²) in [4.78, 5) is 2.33. The fourth-order valence-corrected chi connectivity index (χ4v) is 3.13. The van der Waals surface area contributed by atoms with Gasteiger partial charge in [-0.15, -0.1) is 0 Å². The zero-order valence-corrected chi connectivity index (χ0v) is 12.0. The zero-order chi connectivity index (χ0) is 13.8. The lowest BCUT2D eigenvalue weighted by Crippen LogP contribution is -2.49. The molecule has 0 saturated heterocycles. The summed E-state index contributed by atoms with van der Waals surface area (Å²) < 4.78 is 12.9. The van der Waals surface area contributed by atoms with Crippen LogP contribution in [0.3, 0.4) is 0 Å². The molecular formula is C16H25FN2. The Hall–Kier alpha value is -0.930. The molecule has 3 atom stereocenters. The van der Waals surface area contributed by atoms with Crippen molar-refractivity contribution in [1.82, 2.24) is 4.90 Å². The van der Waals surface area contributed by atoms with E-state index in [1.54, 1.807) is 0 Å². The van der Waals surface area contributed by atoms with Crippen LogP contribution in [0.4, 0.5) is 4.39 Å². The largest absolute Gasteiger partial charge is 0.326 e. The molecule has 3 heteroatoms. The van der Waals surface area contributed by atoms with E-state index in [2.05, 4.69) is 18.9 Å². The highest BCUT2D eigenvalue weighted by Gasteiger charge is 2.29. The highest BCUT2D eigenvalue weighted by Crippen LogP contribution is 2.29. The molecule has 19 heavy (non-hydrogen) atoms. The first-order valence-electron chi connectivity index (χ1n) is 7.30. The number of halogens is 1. The van der Waals surface area contributed by atoms with Crippen LogP contribution in [0.1, 0.15) is 38.2 Å². The van der Waals surface area contributed by atoms with E-state index in [0.29, 0.717) is 6.04 Å². The summed E-state index contributed by atoms with van der Waals surface area (Å²) in [6.45, 7) is 3.10. The summed E-state index contributed by atoms with van der Waals surface area (Å²) in [5.41, 5.74) is 7.42. The van der Waals surface area contributed by atoms with Crippen molar-refractivity contribution in [3.63, 3.8) is 0 Å². The van der Waals surface area contributed by atoms with Crippen LogP contribution in [0.15, 0.2) is 24.3 Å². The molecule has 1 saturated carbocycles. The van der Waals surface area contributed by atoms with Gasteiger partial charge in [-0.2, -0.15) is 0 Å². The molecule has 0 aromatic heterocycles. The van der Waals surface area contributed by atoms with Crippen LogP contribution in [0, 0.1) is 11.7 Å². The molecule has 1 aliphatic rings. The second-order valence-corrected chi connectivity index (χ2v) is 5.86. The number of likely N-dealkylation sites (N-methyl/N-ethyl adjacent to an activating group) is 1. The van der Waals surface area contributed by atoms with Crippen molar-refractivity contribution in [3.05, 3.63) is 35.6 Å². The Morgan fingerprint density at radius 2 is 1.95 bits per heavy atom. The van der Waals surface area contributed by atoms with Gasteiger partial charge >= 0.3 is 0 Å². The number of nitrogens with two attached hydrogens (primary N) is 1. The molecule has 1 aromatic carbocycles. The van der Waals surface area contributed by atoms with Crippen molar-refractivity contribution in [3.8, 4) is 0 Å². The Kier molecular flexibility index (Phi) is 4.94. The van der Waals surface area contributed by atoms with E-state index in [-0.39, 0.29) is 11.9 Å². The molecule has 1 aliphatic carbocycles. The molecule has 0 aliphatic heterocycles. The van der Waals surface area contributed by atoms with Crippen LogP contribution in [-0.4, -0.2) is 24.0 Å². The van der Waals surface area contributed by atoms with Gasteiger partial charge in [0.05, 0.1) is 0 Å². The molecule has 1 fully saturated rings. The summed E-state index contributed by atoms with van der Waals surface area (Å²) >= 11 is 0. The molecule has 2 N–H and O–H groups in total. The Bertz CT molecular complexity index is 390. The van der Waals surface area contributed by atoms with Gasteiger partial charge in [-0.05, 0) is 49.9 Å².